The van der Waals surface area contributed by atoms with Crippen LogP contribution in [0.4, 0.5) is 0 Å². The van der Waals surface area contributed by atoms with Gasteiger partial charge in [0.2, 0.25) is 0 Å². The third-order valence-corrected chi connectivity index (χ3v) is 1.16. The maximum atomic E-state index is 10.5. The quantitative estimate of drug-likeness (QED) is 0.612. The number of ketones is 1. The first-order valence-corrected chi connectivity index (χ1v) is 6.44. The average molecular weight is 243 g/mol. The Balaban J connectivity index is 0.000000252. The molecule has 0 saturated heterocycles. The summed E-state index contributed by atoms with van der Waals surface area (Å²) < 4.78 is 18.3. The first kappa shape index (κ1) is 12.7. The Morgan fingerprint density at radius 3 is 2.00 bits per heavy atom. The van der Waals surface area contributed by atoms with Crippen LogP contribution >= 0.6 is 21.4 Å². The van der Waals surface area contributed by atoms with Crippen molar-refractivity contribution in [1.82, 2.24) is 0 Å². The molecule has 1 rings (SSSR count). The van der Waals surface area contributed by atoms with Gasteiger partial charge in [0, 0.05) is 27.8 Å². The first-order valence-electron chi connectivity index (χ1n) is 3.31. The second-order valence-corrected chi connectivity index (χ2v) is 6.00. The van der Waals surface area contributed by atoms with Crippen LogP contribution in [0.15, 0.2) is 23.8 Å². The zero-order valence-electron chi connectivity index (χ0n) is 6.83. The summed E-state index contributed by atoms with van der Waals surface area (Å²) in [7, 11) is 4.81. The van der Waals surface area contributed by atoms with Gasteiger partial charge < -0.3 is 0 Å². The summed E-state index contributed by atoms with van der Waals surface area (Å²) >= 11 is 0. The summed E-state index contributed by atoms with van der Waals surface area (Å²) in [5.74, 6) is 0.204. The molecule has 0 aromatic carbocycles. The minimum Gasteiger partial charge on any atom is -0.295 e. The van der Waals surface area contributed by atoms with Crippen molar-refractivity contribution in [1.29, 1.82) is 0 Å². The number of hydrogen-bond donors (Lipinski definition) is 0. The summed E-state index contributed by atoms with van der Waals surface area (Å²) in [5, 5.41) is 0. The van der Waals surface area contributed by atoms with Gasteiger partial charge in [0.1, 0.15) is 0 Å². The van der Waals surface area contributed by atoms with Crippen molar-refractivity contribution >= 4 is 35.4 Å². The molecular formula is C7H8Cl2O3S. The minimum absolute atomic E-state index is 0.204. The van der Waals surface area contributed by atoms with Gasteiger partial charge in [0.25, 0.3) is 0 Å². The number of rotatable bonds is 0. The fraction of sp³-hybridized carbons (Fsp3) is 0.286. The van der Waals surface area contributed by atoms with Crippen LogP contribution in [0.5, 0.6) is 0 Å². The van der Waals surface area contributed by atoms with E-state index < -0.39 is 8.26 Å². The first-order chi connectivity index (χ1) is 5.79. The molecule has 0 unspecified atom stereocenters. The van der Waals surface area contributed by atoms with E-state index in [9.17, 15) is 4.79 Å². The number of carbonyl (C=O) groups is 1. The van der Waals surface area contributed by atoms with Crippen LogP contribution in [-0.4, -0.2) is 14.2 Å². The van der Waals surface area contributed by atoms with Crippen LogP contribution in [0.1, 0.15) is 13.3 Å². The molecule has 3 nitrogen and oxygen atoms in total. The standard InChI is InChI=1S/C7H8O.Cl2O2S/c1-6-2-4-7(8)5-3-6;1-5(2,3)4/h2-4H,5H2,1H3;. The molecular weight excluding hydrogens is 235 g/mol. The molecule has 1 aliphatic carbocycles. The van der Waals surface area contributed by atoms with Gasteiger partial charge >= 0.3 is 8.26 Å². The molecule has 0 aliphatic heterocycles. The fourth-order valence-electron chi connectivity index (χ4n) is 0.622. The molecule has 0 amide bonds. The topological polar surface area (TPSA) is 51.2 Å². The summed E-state index contributed by atoms with van der Waals surface area (Å²) in [6, 6.07) is 0. The van der Waals surface area contributed by atoms with Crippen molar-refractivity contribution in [2.45, 2.75) is 13.3 Å². The van der Waals surface area contributed by atoms with E-state index in [4.69, 9.17) is 8.42 Å². The van der Waals surface area contributed by atoms with Crippen molar-refractivity contribution in [3.8, 4) is 0 Å². The molecule has 0 N–H and O–H groups in total. The third-order valence-electron chi connectivity index (χ3n) is 1.16. The van der Waals surface area contributed by atoms with Crippen LogP contribution in [0.3, 0.4) is 0 Å². The number of carbonyl (C=O) groups excluding carboxylic acids is 1. The molecule has 0 radical (unpaired) electrons. The van der Waals surface area contributed by atoms with Crippen LogP contribution in [-0.2, 0) is 13.1 Å². The highest BCUT2D eigenvalue weighted by molar-refractivity contribution is 8.31. The smallest absolute Gasteiger partial charge is 0.295 e. The molecule has 0 heterocycles. The molecule has 74 valence electrons. The molecule has 0 bridgehead atoms. The van der Waals surface area contributed by atoms with Crippen molar-refractivity contribution in [3.63, 3.8) is 0 Å². The zero-order chi connectivity index (χ0) is 10.5. The molecule has 0 fully saturated rings. The highest BCUT2D eigenvalue weighted by Crippen LogP contribution is 2.04. The molecule has 1 aliphatic rings. The molecule has 0 saturated carbocycles. The fourth-order valence-corrected chi connectivity index (χ4v) is 0.622. The monoisotopic (exact) mass is 242 g/mol. The minimum atomic E-state index is -3.72. The van der Waals surface area contributed by atoms with E-state index in [2.05, 4.69) is 21.4 Å². The molecule has 13 heavy (non-hydrogen) atoms. The van der Waals surface area contributed by atoms with E-state index in [-0.39, 0.29) is 5.78 Å². The van der Waals surface area contributed by atoms with Gasteiger partial charge in [-0.15, -0.1) is 0 Å². The van der Waals surface area contributed by atoms with E-state index >= 15 is 0 Å². The van der Waals surface area contributed by atoms with E-state index in [1.807, 2.05) is 19.1 Å². The maximum absolute atomic E-state index is 10.5. The van der Waals surface area contributed by atoms with Crippen LogP contribution in [0.25, 0.3) is 0 Å². The van der Waals surface area contributed by atoms with Crippen LogP contribution < -0.4 is 0 Å². The van der Waals surface area contributed by atoms with E-state index in [0.29, 0.717) is 6.42 Å². The average Bonchev–Trinajstić information content (AvgIpc) is 1.92. The molecule has 0 spiro atoms. The highest BCUT2D eigenvalue weighted by atomic mass is 36.0. The summed E-state index contributed by atoms with van der Waals surface area (Å²) in [6.07, 6.45) is 5.98. The molecule has 0 aromatic rings. The molecule has 6 heteroatoms. The van der Waals surface area contributed by atoms with Crippen molar-refractivity contribution < 1.29 is 13.2 Å². The predicted molar refractivity (Wildman–Crippen MR) is 53.1 cm³/mol. The van der Waals surface area contributed by atoms with Crippen LogP contribution in [0, 0.1) is 0 Å². The third kappa shape index (κ3) is 11.7. The van der Waals surface area contributed by atoms with Crippen molar-refractivity contribution in [2.75, 3.05) is 0 Å². The van der Waals surface area contributed by atoms with E-state index in [0.717, 1.165) is 0 Å². The molecule has 0 atom stereocenters. The number of hydrogen-bond acceptors (Lipinski definition) is 3. The Kier molecular flexibility index (Phi) is 5.29. The summed E-state index contributed by atoms with van der Waals surface area (Å²) in [4.78, 5) is 10.5. The lowest BCUT2D eigenvalue weighted by molar-refractivity contribution is -0.113. The second-order valence-electron chi connectivity index (χ2n) is 2.33. The van der Waals surface area contributed by atoms with Gasteiger partial charge in [0.15, 0.2) is 5.78 Å². The number of halogens is 2. The van der Waals surface area contributed by atoms with Gasteiger partial charge in [-0.2, -0.15) is 8.42 Å². The molecule has 0 aromatic heterocycles. The Morgan fingerprint density at radius 1 is 1.31 bits per heavy atom. The second kappa shape index (κ2) is 5.42. The van der Waals surface area contributed by atoms with Crippen molar-refractivity contribution in [3.05, 3.63) is 23.8 Å². The zero-order valence-corrected chi connectivity index (χ0v) is 9.16. The lowest BCUT2D eigenvalue weighted by Crippen LogP contribution is -1.93. The SMILES string of the molecule is CC1=CCC(=O)C=C1.O=S(=O)(Cl)Cl. The van der Waals surface area contributed by atoms with Gasteiger partial charge in [0.05, 0.1) is 0 Å². The Bertz CT molecular complexity index is 330. The lowest BCUT2D eigenvalue weighted by atomic mass is 10.1. The lowest BCUT2D eigenvalue weighted by Gasteiger charge is -1.96. The van der Waals surface area contributed by atoms with Crippen molar-refractivity contribution in [2.24, 2.45) is 0 Å². The largest absolute Gasteiger partial charge is 0.317 e. The summed E-state index contributed by atoms with van der Waals surface area (Å²) in [6.45, 7) is 1.99. The Hall–Kier alpha value is -0.320. The Labute approximate surface area is 86.0 Å². The Morgan fingerprint density at radius 2 is 1.77 bits per heavy atom. The summed E-state index contributed by atoms with van der Waals surface area (Å²) in [5.41, 5.74) is 1.18. The van der Waals surface area contributed by atoms with Gasteiger partial charge in [-0.3, -0.25) is 4.79 Å². The van der Waals surface area contributed by atoms with E-state index in [1.54, 1.807) is 6.08 Å². The van der Waals surface area contributed by atoms with Gasteiger partial charge in [-0.05, 0) is 13.0 Å². The highest BCUT2D eigenvalue weighted by Gasteiger charge is 1.97. The van der Waals surface area contributed by atoms with E-state index in [1.165, 1.54) is 5.57 Å². The maximum Gasteiger partial charge on any atom is 0.317 e. The normalized spacial score (nSPS) is 15.9. The predicted octanol–water partition coefficient (Wildman–Crippen LogP) is 2.17. The van der Waals surface area contributed by atoms with Crippen LogP contribution in [0.2, 0.25) is 0 Å². The van der Waals surface area contributed by atoms with Gasteiger partial charge in [-0.25, -0.2) is 0 Å². The number of allylic oxidation sites excluding steroid dienone is 4. The van der Waals surface area contributed by atoms with Gasteiger partial charge in [-0.1, -0.05) is 17.7 Å².